The molecule has 0 saturated carbocycles. The summed E-state index contributed by atoms with van der Waals surface area (Å²) in [5.74, 6) is -2.33. The lowest BCUT2D eigenvalue weighted by atomic mass is 10.3. The van der Waals surface area contributed by atoms with E-state index in [-0.39, 0.29) is 22.8 Å². The second-order valence-electron chi connectivity index (χ2n) is 5.66. The third kappa shape index (κ3) is 4.52. The quantitative estimate of drug-likeness (QED) is 0.492. The maximum Gasteiger partial charge on any atom is 0.374 e. The van der Waals surface area contributed by atoms with Crippen molar-refractivity contribution in [3.05, 3.63) is 30.6 Å². The van der Waals surface area contributed by atoms with Gasteiger partial charge in [-0.15, -0.1) is 0 Å². The normalized spacial score (nSPS) is 11.9. The van der Waals surface area contributed by atoms with Gasteiger partial charge in [0, 0.05) is 37.3 Å². The van der Waals surface area contributed by atoms with E-state index in [0.29, 0.717) is 0 Å². The maximum absolute atomic E-state index is 11.5. The topological polar surface area (TPSA) is 196 Å². The predicted molar refractivity (Wildman–Crippen MR) is 95.1 cm³/mol. The van der Waals surface area contributed by atoms with Crippen molar-refractivity contribution in [2.75, 3.05) is 12.5 Å². The van der Waals surface area contributed by atoms with Gasteiger partial charge in [-0.05, 0) is 0 Å². The summed E-state index contributed by atoms with van der Waals surface area (Å²) in [6.45, 7) is 0. The highest BCUT2D eigenvalue weighted by Crippen LogP contribution is 2.19. The zero-order chi connectivity index (χ0) is 21.4. The molecule has 0 bridgehead atoms. The fourth-order valence-electron chi connectivity index (χ4n) is 1.98. The molecule has 3 aromatic rings. The molecule has 3 heterocycles. The number of carboxylic acid groups (broad SMARTS) is 1. The minimum Gasteiger partial charge on any atom is -0.475 e. The van der Waals surface area contributed by atoms with E-state index >= 15 is 0 Å². The first kappa shape index (κ1) is 20.3. The zero-order valence-corrected chi connectivity index (χ0v) is 16.4. The Morgan fingerprint density at radius 1 is 0.724 bits per heavy atom. The predicted octanol–water partition coefficient (Wildman–Crippen LogP) is -0.709. The molecule has 0 radical (unpaired) electrons. The van der Waals surface area contributed by atoms with Gasteiger partial charge in [-0.3, -0.25) is 0 Å². The van der Waals surface area contributed by atoms with Crippen LogP contribution in [0, 0.1) is 0 Å². The minimum absolute atomic E-state index is 0.136. The molecule has 0 atom stereocenters. The van der Waals surface area contributed by atoms with Gasteiger partial charge in [0.1, 0.15) is 0 Å². The number of carbonyl (C=O) groups is 1. The number of hydrogen-bond acceptors (Lipinski definition) is 12. The second kappa shape index (κ2) is 7.17. The van der Waals surface area contributed by atoms with Gasteiger partial charge >= 0.3 is 5.97 Å². The Morgan fingerprint density at radius 3 is 1.34 bits per heavy atom. The van der Waals surface area contributed by atoms with Crippen LogP contribution in [-0.2, 0) is 19.7 Å². The summed E-state index contributed by atoms with van der Waals surface area (Å²) >= 11 is 0. The Balaban J connectivity index is 2.10. The molecule has 0 saturated heterocycles. The van der Waals surface area contributed by atoms with Crippen molar-refractivity contribution in [1.82, 2.24) is 34.9 Å². The number of aromatic nitrogens is 7. The number of aromatic carboxylic acids is 1. The molecule has 0 amide bonds. The largest absolute Gasteiger partial charge is 0.475 e. The summed E-state index contributed by atoms with van der Waals surface area (Å²) in [7, 11) is -7.25. The molecule has 0 unspecified atom stereocenters. The molecule has 0 aliphatic rings. The first-order chi connectivity index (χ1) is 13.4. The van der Waals surface area contributed by atoms with Crippen LogP contribution in [0.1, 0.15) is 10.6 Å². The van der Waals surface area contributed by atoms with Gasteiger partial charge in [0.25, 0.3) is 0 Å². The van der Waals surface area contributed by atoms with Crippen molar-refractivity contribution in [1.29, 1.82) is 0 Å². The van der Waals surface area contributed by atoms with E-state index in [0.717, 1.165) is 37.3 Å². The van der Waals surface area contributed by atoms with Crippen LogP contribution in [0.5, 0.6) is 0 Å². The van der Waals surface area contributed by atoms with Crippen LogP contribution < -0.4 is 0 Å². The van der Waals surface area contributed by atoms with E-state index < -0.39 is 41.8 Å². The number of nitrogens with zero attached hydrogens (tertiary/aromatic N) is 7. The monoisotopic (exact) mass is 437 g/mol. The van der Waals surface area contributed by atoms with Crippen LogP contribution in [0.15, 0.2) is 35.1 Å². The summed E-state index contributed by atoms with van der Waals surface area (Å²) < 4.78 is 45.8. The molecule has 0 fully saturated rings. The smallest absolute Gasteiger partial charge is 0.374 e. The highest BCUT2D eigenvalue weighted by atomic mass is 32.2. The minimum atomic E-state index is -3.63. The molecule has 15 heteroatoms. The average Bonchev–Trinajstić information content (AvgIpc) is 2.66. The lowest BCUT2D eigenvalue weighted by Gasteiger charge is -2.06. The van der Waals surface area contributed by atoms with E-state index in [9.17, 15) is 26.7 Å². The van der Waals surface area contributed by atoms with Crippen LogP contribution in [0.2, 0.25) is 0 Å². The summed E-state index contributed by atoms with van der Waals surface area (Å²) in [4.78, 5) is 37.9. The molecule has 0 aliphatic carbocycles. The molecule has 3 rings (SSSR count). The first-order valence-electron chi connectivity index (χ1n) is 7.49. The molecular weight excluding hydrogens is 426 g/mol. The summed E-state index contributed by atoms with van der Waals surface area (Å²) in [5, 5.41) is 8.42. The van der Waals surface area contributed by atoms with Crippen molar-refractivity contribution in [3.8, 4) is 22.8 Å². The SMILES string of the molecule is CS(=O)(=O)c1ncc(-c2nc(C(=O)O)nc(-c3cnc(S(C)(=O)=O)nc3)n2)cn1. The summed E-state index contributed by atoms with van der Waals surface area (Å²) in [6.07, 6.45) is 6.36. The number of sulfone groups is 2. The van der Waals surface area contributed by atoms with E-state index in [1.807, 2.05) is 0 Å². The highest BCUT2D eigenvalue weighted by Gasteiger charge is 2.18. The zero-order valence-electron chi connectivity index (χ0n) is 14.7. The molecule has 1 N–H and O–H groups in total. The van der Waals surface area contributed by atoms with Gasteiger partial charge in [-0.25, -0.2) is 56.5 Å². The van der Waals surface area contributed by atoms with Crippen molar-refractivity contribution in [3.63, 3.8) is 0 Å². The summed E-state index contributed by atoms with van der Waals surface area (Å²) in [5.41, 5.74) is 0.273. The van der Waals surface area contributed by atoms with E-state index in [4.69, 9.17) is 0 Å². The molecule has 3 aromatic heterocycles. The van der Waals surface area contributed by atoms with Gasteiger partial charge in [0.15, 0.2) is 11.6 Å². The summed E-state index contributed by atoms with van der Waals surface area (Å²) in [6, 6.07) is 0. The van der Waals surface area contributed by atoms with Gasteiger partial charge < -0.3 is 5.11 Å². The Kier molecular flexibility index (Phi) is 5.02. The highest BCUT2D eigenvalue weighted by molar-refractivity contribution is 7.90. The van der Waals surface area contributed by atoms with Crippen LogP contribution in [-0.4, -0.2) is 75.3 Å². The third-order valence-electron chi connectivity index (χ3n) is 3.26. The maximum atomic E-state index is 11.5. The Morgan fingerprint density at radius 2 is 1.07 bits per heavy atom. The van der Waals surface area contributed by atoms with Gasteiger partial charge in [-0.2, -0.15) is 0 Å². The van der Waals surface area contributed by atoms with Crippen LogP contribution >= 0.6 is 0 Å². The molecule has 13 nitrogen and oxygen atoms in total. The van der Waals surface area contributed by atoms with Crippen LogP contribution in [0.4, 0.5) is 0 Å². The van der Waals surface area contributed by atoms with E-state index in [1.54, 1.807) is 0 Å². The number of hydrogen-bond donors (Lipinski definition) is 1. The second-order valence-corrected chi connectivity index (χ2v) is 9.48. The molecule has 0 aliphatic heterocycles. The fourth-order valence-corrected chi connectivity index (χ4v) is 2.95. The van der Waals surface area contributed by atoms with Crippen molar-refractivity contribution in [2.24, 2.45) is 0 Å². The van der Waals surface area contributed by atoms with Gasteiger partial charge in [-0.1, -0.05) is 0 Å². The van der Waals surface area contributed by atoms with Crippen LogP contribution in [0.3, 0.4) is 0 Å². The van der Waals surface area contributed by atoms with Crippen molar-refractivity contribution >= 4 is 25.6 Å². The molecular formula is C14H11N7O6S2. The number of carboxylic acids is 1. The molecule has 0 spiro atoms. The Hall–Kier alpha value is -3.46. The standard InChI is InChI=1S/C14H11N7O6S2/c1-28(24,25)13-15-3-7(4-16-13)9-19-10(21-11(20-9)12(22)23)8-5-17-14(18-6-8)29(2,26)27/h3-6H,1-2H3,(H,22,23). The Bertz CT molecular complexity index is 1210. The molecule has 150 valence electrons. The number of rotatable bonds is 5. The van der Waals surface area contributed by atoms with Crippen molar-refractivity contribution < 1.29 is 26.7 Å². The molecule has 0 aromatic carbocycles. The van der Waals surface area contributed by atoms with Gasteiger partial charge in [0.05, 0.1) is 11.1 Å². The Labute approximate surface area is 163 Å². The lowest BCUT2D eigenvalue weighted by molar-refractivity contribution is 0.0683. The van der Waals surface area contributed by atoms with Crippen molar-refractivity contribution in [2.45, 2.75) is 10.3 Å². The van der Waals surface area contributed by atoms with E-state index in [2.05, 4.69) is 34.9 Å². The van der Waals surface area contributed by atoms with Gasteiger partial charge in [0.2, 0.25) is 35.8 Å². The van der Waals surface area contributed by atoms with Crippen LogP contribution in [0.25, 0.3) is 22.8 Å². The first-order valence-corrected chi connectivity index (χ1v) is 11.3. The third-order valence-corrected chi connectivity index (χ3v) is 5.01. The van der Waals surface area contributed by atoms with E-state index in [1.165, 1.54) is 0 Å². The molecule has 29 heavy (non-hydrogen) atoms. The fraction of sp³-hybridized carbons (Fsp3) is 0.143. The lowest BCUT2D eigenvalue weighted by Crippen LogP contribution is -2.10. The average molecular weight is 437 g/mol.